The van der Waals surface area contributed by atoms with Gasteiger partial charge >= 0.3 is 0 Å². The molecule has 3 rings (SSSR count). The number of rotatable bonds is 3. The summed E-state index contributed by atoms with van der Waals surface area (Å²) in [5.74, 6) is 1.16. The molecule has 1 aliphatic heterocycles. The first kappa shape index (κ1) is 13.8. The van der Waals surface area contributed by atoms with Crippen molar-refractivity contribution in [1.29, 1.82) is 5.26 Å². The maximum absolute atomic E-state index is 9.13. The van der Waals surface area contributed by atoms with Crippen molar-refractivity contribution in [3.05, 3.63) is 40.8 Å². The molecule has 1 atom stereocenters. The number of hydrogen-bond acceptors (Lipinski definition) is 5. The summed E-state index contributed by atoms with van der Waals surface area (Å²) >= 11 is 1.42. The quantitative estimate of drug-likeness (QED) is 0.945. The number of nitrogens with two attached hydrogens (primary N) is 1. The molecule has 2 N–H and O–H groups in total. The lowest BCUT2D eigenvalue weighted by molar-refractivity contribution is 0.419. The van der Waals surface area contributed by atoms with Crippen LogP contribution < -0.4 is 15.4 Å². The first-order valence-corrected chi connectivity index (χ1v) is 7.72. The van der Waals surface area contributed by atoms with Crippen molar-refractivity contribution < 1.29 is 4.74 Å². The van der Waals surface area contributed by atoms with Crippen LogP contribution >= 0.6 is 11.3 Å². The molecule has 108 valence electrons. The Hall–Kier alpha value is -2.19. The number of thiophene rings is 1. The van der Waals surface area contributed by atoms with Gasteiger partial charge in [0.25, 0.3) is 0 Å². The summed E-state index contributed by atoms with van der Waals surface area (Å²) in [7, 11) is 1.60. The summed E-state index contributed by atoms with van der Waals surface area (Å²) in [6.45, 7) is 1.89. The average Bonchev–Trinajstić information content (AvgIpc) is 3.12. The average molecular weight is 299 g/mol. The van der Waals surface area contributed by atoms with Crippen molar-refractivity contribution in [2.24, 2.45) is 0 Å². The zero-order valence-corrected chi connectivity index (χ0v) is 12.7. The van der Waals surface area contributed by atoms with Gasteiger partial charge in [-0.2, -0.15) is 5.26 Å². The van der Waals surface area contributed by atoms with Crippen molar-refractivity contribution in [3.63, 3.8) is 0 Å². The molecule has 1 fully saturated rings. The topological polar surface area (TPSA) is 62.3 Å². The molecule has 1 aromatic carbocycles. The van der Waals surface area contributed by atoms with E-state index < -0.39 is 0 Å². The fourth-order valence-corrected chi connectivity index (χ4v) is 3.87. The fraction of sp³-hybridized carbons (Fsp3) is 0.312. The highest BCUT2D eigenvalue weighted by Crippen LogP contribution is 2.46. The van der Waals surface area contributed by atoms with Crippen molar-refractivity contribution in [3.8, 4) is 11.8 Å². The first-order chi connectivity index (χ1) is 10.2. The highest BCUT2D eigenvalue weighted by molar-refractivity contribution is 7.17. The molecule has 1 aromatic heterocycles. The van der Waals surface area contributed by atoms with E-state index in [1.54, 1.807) is 7.11 Å². The van der Waals surface area contributed by atoms with Gasteiger partial charge in [0.05, 0.1) is 7.11 Å². The molecule has 21 heavy (non-hydrogen) atoms. The molecular weight excluding hydrogens is 282 g/mol. The predicted octanol–water partition coefficient (Wildman–Crippen LogP) is 3.20. The molecule has 5 heteroatoms. The Morgan fingerprint density at radius 3 is 2.81 bits per heavy atom. The molecule has 2 aromatic rings. The zero-order valence-electron chi connectivity index (χ0n) is 11.9. The van der Waals surface area contributed by atoms with Gasteiger partial charge in [0.15, 0.2) is 5.75 Å². The van der Waals surface area contributed by atoms with Gasteiger partial charge in [-0.05, 0) is 12.0 Å². The Kier molecular flexibility index (Phi) is 3.72. The molecule has 0 amide bonds. The standard InChI is InChI=1S/C16H17N3OS/c1-20-15-14(18)13(9-17)21-16(15)19-8-7-12(10-19)11-5-3-2-4-6-11/h2-6,12H,7-8,10,18H2,1H3. The first-order valence-electron chi connectivity index (χ1n) is 6.90. The van der Waals surface area contributed by atoms with Crippen LogP contribution in [0, 0.1) is 11.3 Å². The number of nitrogens with zero attached hydrogens (tertiary/aromatic N) is 2. The van der Waals surface area contributed by atoms with Gasteiger partial charge in [-0.25, -0.2) is 0 Å². The van der Waals surface area contributed by atoms with Gasteiger partial charge in [0.1, 0.15) is 21.6 Å². The van der Waals surface area contributed by atoms with Crippen molar-refractivity contribution in [2.75, 3.05) is 30.8 Å². The molecule has 0 radical (unpaired) electrons. The maximum atomic E-state index is 9.13. The second-order valence-electron chi connectivity index (χ2n) is 5.14. The summed E-state index contributed by atoms with van der Waals surface area (Å²) in [5, 5.41) is 10.1. The Balaban J connectivity index is 1.85. The van der Waals surface area contributed by atoms with E-state index >= 15 is 0 Å². The largest absolute Gasteiger partial charge is 0.492 e. The van der Waals surface area contributed by atoms with Crippen LogP contribution in [0.15, 0.2) is 30.3 Å². The molecule has 0 spiro atoms. The van der Waals surface area contributed by atoms with E-state index in [4.69, 9.17) is 15.7 Å². The number of nitrogen functional groups attached to an aromatic ring is 1. The van der Waals surface area contributed by atoms with Crippen LogP contribution in [0.5, 0.6) is 5.75 Å². The minimum absolute atomic E-state index is 0.461. The van der Waals surface area contributed by atoms with Crippen LogP contribution in [0.3, 0.4) is 0 Å². The lowest BCUT2D eigenvalue weighted by Gasteiger charge is -2.18. The van der Waals surface area contributed by atoms with E-state index in [0.717, 1.165) is 24.5 Å². The van der Waals surface area contributed by atoms with Crippen molar-refractivity contribution in [2.45, 2.75) is 12.3 Å². The Labute approximate surface area is 128 Å². The number of ether oxygens (including phenoxy) is 1. The molecular formula is C16H17N3OS. The van der Waals surface area contributed by atoms with Gasteiger partial charge in [-0.3, -0.25) is 0 Å². The van der Waals surface area contributed by atoms with Gasteiger partial charge in [-0.1, -0.05) is 30.3 Å². The third-order valence-electron chi connectivity index (χ3n) is 3.93. The van der Waals surface area contributed by atoms with Crippen LogP contribution in [0.2, 0.25) is 0 Å². The minimum Gasteiger partial charge on any atom is -0.492 e. The van der Waals surface area contributed by atoms with Crippen LogP contribution in [-0.4, -0.2) is 20.2 Å². The SMILES string of the molecule is COc1c(N2CCC(c3ccccc3)C2)sc(C#N)c1N. The number of hydrogen-bond donors (Lipinski definition) is 1. The fourth-order valence-electron chi connectivity index (χ4n) is 2.85. The van der Waals surface area contributed by atoms with Crippen LogP contribution in [0.4, 0.5) is 10.7 Å². The summed E-state index contributed by atoms with van der Waals surface area (Å²) in [5.41, 5.74) is 7.80. The van der Waals surface area contributed by atoms with E-state index in [0.29, 0.717) is 22.2 Å². The van der Waals surface area contributed by atoms with E-state index in [2.05, 4.69) is 35.2 Å². The van der Waals surface area contributed by atoms with Gasteiger partial charge in [0.2, 0.25) is 0 Å². The predicted molar refractivity (Wildman–Crippen MR) is 86.0 cm³/mol. The molecule has 1 unspecified atom stereocenters. The summed E-state index contributed by atoms with van der Waals surface area (Å²) < 4.78 is 5.40. The van der Waals surface area contributed by atoms with Gasteiger partial charge < -0.3 is 15.4 Å². The summed E-state index contributed by atoms with van der Waals surface area (Å²) in [4.78, 5) is 2.81. The van der Waals surface area contributed by atoms with E-state index in [-0.39, 0.29) is 0 Å². The summed E-state index contributed by atoms with van der Waals surface area (Å²) in [6.07, 6.45) is 1.10. The van der Waals surface area contributed by atoms with Gasteiger partial charge in [0, 0.05) is 19.0 Å². The number of methoxy groups -OCH3 is 1. The van der Waals surface area contributed by atoms with Crippen molar-refractivity contribution in [1.82, 2.24) is 0 Å². The Bertz CT molecular complexity index is 675. The van der Waals surface area contributed by atoms with Crippen LogP contribution in [0.25, 0.3) is 0 Å². The Morgan fingerprint density at radius 2 is 2.14 bits per heavy atom. The van der Waals surface area contributed by atoms with E-state index in [9.17, 15) is 0 Å². The number of anilines is 2. The molecule has 1 aliphatic rings. The monoisotopic (exact) mass is 299 g/mol. The highest BCUT2D eigenvalue weighted by Gasteiger charge is 2.29. The molecule has 0 saturated carbocycles. The normalized spacial score (nSPS) is 17.7. The lowest BCUT2D eigenvalue weighted by Crippen LogP contribution is -2.18. The lowest BCUT2D eigenvalue weighted by atomic mass is 9.99. The molecule has 2 heterocycles. The number of benzene rings is 1. The van der Waals surface area contributed by atoms with E-state index in [1.165, 1.54) is 16.9 Å². The smallest absolute Gasteiger partial charge is 0.177 e. The van der Waals surface area contributed by atoms with E-state index in [1.807, 2.05) is 6.07 Å². The van der Waals surface area contributed by atoms with Gasteiger partial charge in [-0.15, -0.1) is 11.3 Å². The minimum atomic E-state index is 0.461. The second kappa shape index (κ2) is 5.66. The van der Waals surface area contributed by atoms with Crippen LogP contribution in [0.1, 0.15) is 22.8 Å². The maximum Gasteiger partial charge on any atom is 0.177 e. The number of nitriles is 1. The highest BCUT2D eigenvalue weighted by atomic mass is 32.1. The zero-order chi connectivity index (χ0) is 14.8. The van der Waals surface area contributed by atoms with Crippen molar-refractivity contribution >= 4 is 22.0 Å². The molecule has 1 saturated heterocycles. The molecule has 4 nitrogen and oxygen atoms in total. The second-order valence-corrected chi connectivity index (χ2v) is 6.14. The molecule has 0 bridgehead atoms. The third-order valence-corrected chi connectivity index (χ3v) is 5.09. The Morgan fingerprint density at radius 1 is 1.38 bits per heavy atom. The molecule has 0 aliphatic carbocycles. The summed E-state index contributed by atoms with van der Waals surface area (Å²) in [6, 6.07) is 12.7. The van der Waals surface area contributed by atoms with Crippen LogP contribution in [-0.2, 0) is 0 Å². The third kappa shape index (κ3) is 2.43.